The highest BCUT2D eigenvalue weighted by atomic mass is 16.2. The van der Waals surface area contributed by atoms with Crippen molar-refractivity contribution in [2.24, 2.45) is 0 Å². The highest BCUT2D eigenvalue weighted by molar-refractivity contribution is 5.76. The molecular formula is C18H28N2O. The van der Waals surface area contributed by atoms with E-state index in [0.717, 1.165) is 39.0 Å². The molecule has 1 aliphatic rings. The Kier molecular flexibility index (Phi) is 5.80. The molecule has 1 heterocycles. The molecule has 0 radical (unpaired) electrons. The second-order valence-electron chi connectivity index (χ2n) is 5.94. The Labute approximate surface area is 128 Å². The van der Waals surface area contributed by atoms with Crippen LogP contribution in [-0.2, 0) is 11.3 Å². The smallest absolute Gasteiger partial charge is 0.222 e. The number of aryl methyl sites for hydroxylation is 1. The first-order valence-electron chi connectivity index (χ1n) is 8.22. The molecule has 3 heteroatoms. The largest absolute Gasteiger partial charge is 0.338 e. The van der Waals surface area contributed by atoms with Gasteiger partial charge in [0.05, 0.1) is 0 Å². The van der Waals surface area contributed by atoms with E-state index >= 15 is 0 Å². The van der Waals surface area contributed by atoms with Crippen molar-refractivity contribution in [1.82, 2.24) is 9.80 Å². The zero-order chi connectivity index (χ0) is 15.2. The van der Waals surface area contributed by atoms with Gasteiger partial charge in [0, 0.05) is 25.6 Å². The van der Waals surface area contributed by atoms with Crippen LogP contribution in [0.25, 0.3) is 0 Å². The normalized spacial score (nSPS) is 19.9. The Morgan fingerprint density at radius 1 is 1.19 bits per heavy atom. The predicted molar refractivity (Wildman–Crippen MR) is 87.2 cm³/mol. The average molecular weight is 288 g/mol. The van der Waals surface area contributed by atoms with Crippen LogP contribution in [0.1, 0.15) is 44.2 Å². The molecule has 1 aromatic rings. The number of hydrogen-bond donors (Lipinski definition) is 0. The maximum Gasteiger partial charge on any atom is 0.222 e. The second kappa shape index (κ2) is 7.60. The SMILES string of the molecule is CCN(CC)C1CCC(=O)N(Cc2ccccc2C)CC1. The van der Waals surface area contributed by atoms with Crippen molar-refractivity contribution in [3.63, 3.8) is 0 Å². The molecular weight excluding hydrogens is 260 g/mol. The standard InChI is InChI=1S/C18H28N2O/c1-4-19(5-2)17-10-11-18(21)20(13-12-17)14-16-9-7-6-8-15(16)3/h6-9,17H,4-5,10-14H2,1-3H3. The van der Waals surface area contributed by atoms with Crippen molar-refractivity contribution in [2.75, 3.05) is 19.6 Å². The monoisotopic (exact) mass is 288 g/mol. The number of rotatable bonds is 5. The van der Waals surface area contributed by atoms with Gasteiger partial charge in [-0.25, -0.2) is 0 Å². The van der Waals surface area contributed by atoms with Crippen molar-refractivity contribution < 1.29 is 4.79 Å². The first kappa shape index (κ1) is 16.0. The lowest BCUT2D eigenvalue weighted by Gasteiger charge is -2.28. The van der Waals surface area contributed by atoms with Crippen molar-refractivity contribution in [3.05, 3.63) is 35.4 Å². The zero-order valence-corrected chi connectivity index (χ0v) is 13.6. The highest BCUT2D eigenvalue weighted by Crippen LogP contribution is 2.20. The van der Waals surface area contributed by atoms with Crippen molar-refractivity contribution >= 4 is 5.91 Å². The fourth-order valence-electron chi connectivity index (χ4n) is 3.29. The van der Waals surface area contributed by atoms with Crippen LogP contribution >= 0.6 is 0 Å². The van der Waals surface area contributed by atoms with E-state index in [1.54, 1.807) is 0 Å². The van der Waals surface area contributed by atoms with Crippen LogP contribution in [0.5, 0.6) is 0 Å². The molecule has 0 spiro atoms. The van der Waals surface area contributed by atoms with Crippen molar-refractivity contribution in [3.8, 4) is 0 Å². The number of carbonyl (C=O) groups excluding carboxylic acids is 1. The van der Waals surface area contributed by atoms with Gasteiger partial charge in [-0.2, -0.15) is 0 Å². The number of carbonyl (C=O) groups is 1. The fourth-order valence-corrected chi connectivity index (χ4v) is 3.29. The van der Waals surface area contributed by atoms with Gasteiger partial charge >= 0.3 is 0 Å². The van der Waals surface area contributed by atoms with Crippen LogP contribution < -0.4 is 0 Å². The molecule has 0 aromatic heterocycles. The molecule has 21 heavy (non-hydrogen) atoms. The van der Waals surface area contributed by atoms with Gasteiger partial charge in [-0.1, -0.05) is 38.1 Å². The van der Waals surface area contributed by atoms with E-state index in [1.165, 1.54) is 11.1 Å². The molecule has 1 aromatic carbocycles. The molecule has 0 bridgehead atoms. The average Bonchev–Trinajstić information content (AvgIpc) is 2.67. The predicted octanol–water partition coefficient (Wildman–Crippen LogP) is 3.22. The maximum atomic E-state index is 12.4. The molecule has 1 aliphatic heterocycles. The second-order valence-corrected chi connectivity index (χ2v) is 5.94. The summed E-state index contributed by atoms with van der Waals surface area (Å²) in [6.07, 6.45) is 2.79. The van der Waals surface area contributed by atoms with Gasteiger partial charge in [0.2, 0.25) is 5.91 Å². The van der Waals surface area contributed by atoms with Crippen molar-refractivity contribution in [2.45, 2.75) is 52.6 Å². The molecule has 1 fully saturated rings. The van der Waals surface area contributed by atoms with Crippen LogP contribution in [0, 0.1) is 6.92 Å². The molecule has 1 atom stereocenters. The van der Waals surface area contributed by atoms with E-state index in [0.29, 0.717) is 18.4 Å². The number of amides is 1. The molecule has 116 valence electrons. The number of nitrogens with zero attached hydrogens (tertiary/aromatic N) is 2. The summed E-state index contributed by atoms with van der Waals surface area (Å²) < 4.78 is 0. The summed E-state index contributed by atoms with van der Waals surface area (Å²) >= 11 is 0. The fraction of sp³-hybridized carbons (Fsp3) is 0.611. The van der Waals surface area contributed by atoms with E-state index in [9.17, 15) is 4.79 Å². The number of hydrogen-bond acceptors (Lipinski definition) is 2. The Morgan fingerprint density at radius 3 is 2.57 bits per heavy atom. The number of likely N-dealkylation sites (tertiary alicyclic amines) is 1. The van der Waals surface area contributed by atoms with E-state index < -0.39 is 0 Å². The summed E-state index contributed by atoms with van der Waals surface area (Å²) in [7, 11) is 0. The Balaban J connectivity index is 2.02. The molecule has 1 amide bonds. The van der Waals surface area contributed by atoms with Gasteiger partial charge in [-0.15, -0.1) is 0 Å². The lowest BCUT2D eigenvalue weighted by atomic mass is 10.1. The Bertz CT molecular complexity index is 468. The lowest BCUT2D eigenvalue weighted by molar-refractivity contribution is -0.131. The molecule has 1 unspecified atom stereocenters. The van der Waals surface area contributed by atoms with E-state index in [4.69, 9.17) is 0 Å². The summed E-state index contributed by atoms with van der Waals surface area (Å²) in [5.41, 5.74) is 2.54. The molecule has 3 nitrogen and oxygen atoms in total. The third kappa shape index (κ3) is 4.07. The minimum absolute atomic E-state index is 0.313. The Morgan fingerprint density at radius 2 is 1.90 bits per heavy atom. The molecule has 0 N–H and O–H groups in total. The van der Waals surface area contributed by atoms with Crippen LogP contribution in [0.15, 0.2) is 24.3 Å². The third-order valence-corrected chi connectivity index (χ3v) is 4.73. The molecule has 2 rings (SSSR count). The van der Waals surface area contributed by atoms with Crippen LogP contribution in [0.2, 0.25) is 0 Å². The molecule has 0 aliphatic carbocycles. The van der Waals surface area contributed by atoms with E-state index in [1.807, 2.05) is 4.90 Å². The minimum atomic E-state index is 0.313. The summed E-state index contributed by atoms with van der Waals surface area (Å²) in [4.78, 5) is 16.9. The van der Waals surface area contributed by atoms with Gasteiger partial charge in [-0.05, 0) is 44.0 Å². The number of benzene rings is 1. The van der Waals surface area contributed by atoms with Gasteiger partial charge in [0.1, 0.15) is 0 Å². The Hall–Kier alpha value is -1.35. The van der Waals surface area contributed by atoms with Crippen LogP contribution in [-0.4, -0.2) is 41.4 Å². The summed E-state index contributed by atoms with van der Waals surface area (Å²) in [6, 6.07) is 8.93. The van der Waals surface area contributed by atoms with Crippen LogP contribution in [0.3, 0.4) is 0 Å². The summed E-state index contributed by atoms with van der Waals surface area (Å²) in [5, 5.41) is 0. The van der Waals surface area contributed by atoms with Gasteiger partial charge in [-0.3, -0.25) is 4.79 Å². The molecule has 1 saturated heterocycles. The lowest BCUT2D eigenvalue weighted by Crippen LogP contribution is -2.36. The van der Waals surface area contributed by atoms with Crippen LogP contribution in [0.4, 0.5) is 0 Å². The maximum absolute atomic E-state index is 12.4. The summed E-state index contributed by atoms with van der Waals surface area (Å²) in [5.74, 6) is 0.313. The topological polar surface area (TPSA) is 23.6 Å². The van der Waals surface area contributed by atoms with Gasteiger partial charge in [0.15, 0.2) is 0 Å². The van der Waals surface area contributed by atoms with Gasteiger partial charge in [0.25, 0.3) is 0 Å². The van der Waals surface area contributed by atoms with E-state index in [2.05, 4.69) is 49.9 Å². The van der Waals surface area contributed by atoms with Gasteiger partial charge < -0.3 is 9.80 Å². The van der Waals surface area contributed by atoms with Crippen molar-refractivity contribution in [1.29, 1.82) is 0 Å². The summed E-state index contributed by atoms with van der Waals surface area (Å²) in [6.45, 7) is 10.3. The third-order valence-electron chi connectivity index (χ3n) is 4.73. The molecule has 0 saturated carbocycles. The highest BCUT2D eigenvalue weighted by Gasteiger charge is 2.25. The van der Waals surface area contributed by atoms with E-state index in [-0.39, 0.29) is 0 Å². The zero-order valence-electron chi connectivity index (χ0n) is 13.6. The minimum Gasteiger partial charge on any atom is -0.338 e. The first-order valence-corrected chi connectivity index (χ1v) is 8.22. The quantitative estimate of drug-likeness (QED) is 0.830. The first-order chi connectivity index (χ1) is 10.2.